The van der Waals surface area contributed by atoms with Crippen LogP contribution in [0, 0.1) is 0 Å². The molecule has 1 unspecified atom stereocenters. The van der Waals surface area contributed by atoms with E-state index < -0.39 is 5.41 Å². The van der Waals surface area contributed by atoms with E-state index >= 15 is 0 Å². The molecule has 15 rings (SSSR count). The third kappa shape index (κ3) is 6.10. The van der Waals surface area contributed by atoms with E-state index in [1.54, 1.807) is 0 Å². The van der Waals surface area contributed by atoms with E-state index in [1.165, 1.54) is 124 Å². The zero-order valence-electron chi connectivity index (χ0n) is 44.6. The first-order valence-electron chi connectivity index (χ1n) is 27.5. The molecule has 2 aliphatic carbocycles. The Labute approximate surface area is 442 Å². The standard InChI is InChI=1S/C72H64N2O/c1-68(2)33-34-69(3,4)57-39-48(31-32-54(57)68)73-61-43-64-51(52-41-58-59(42-63(52)75-64)71(7,8)36-35-70(58,5)6)40-50(61)53-37-45(44-21-12-9-13-22-44)38-62-65(53)67(73)49-27-20-29-56-66(49)74(62)60-30-19-18-28-55(60)72(56,46-23-14-10-15-24-46)47-25-16-11-17-26-47/h9-32,37-43,67H,33-36H2,1-8H3. The average Bonchev–Trinajstić information content (AvgIpc) is 3.87. The van der Waals surface area contributed by atoms with Gasteiger partial charge in [0.15, 0.2) is 0 Å². The molecular formula is C72H64N2O. The van der Waals surface area contributed by atoms with Crippen LogP contribution in [0.5, 0.6) is 0 Å². The van der Waals surface area contributed by atoms with Gasteiger partial charge in [-0.05, 0) is 157 Å². The summed E-state index contributed by atoms with van der Waals surface area (Å²) in [5.41, 5.74) is 26.0. The maximum atomic E-state index is 7.23. The van der Waals surface area contributed by atoms with Crippen molar-refractivity contribution in [3.05, 3.63) is 244 Å². The van der Waals surface area contributed by atoms with Crippen LogP contribution in [0.25, 0.3) is 44.2 Å². The maximum Gasteiger partial charge on any atom is 0.137 e. The van der Waals surface area contributed by atoms with E-state index in [0.29, 0.717) is 0 Å². The smallest absolute Gasteiger partial charge is 0.137 e. The Kier molecular flexibility index (Phi) is 9.12. The number of benzene rings is 9. The molecule has 3 aliphatic heterocycles. The van der Waals surface area contributed by atoms with Gasteiger partial charge in [-0.2, -0.15) is 0 Å². The summed E-state index contributed by atoms with van der Waals surface area (Å²) in [5, 5.41) is 2.38. The van der Waals surface area contributed by atoms with Crippen LogP contribution in [0.3, 0.4) is 0 Å². The molecule has 0 saturated heterocycles. The monoisotopic (exact) mass is 973 g/mol. The molecule has 368 valence electrons. The molecule has 75 heavy (non-hydrogen) atoms. The molecule has 9 aromatic carbocycles. The van der Waals surface area contributed by atoms with E-state index in [0.717, 1.165) is 30.4 Å². The number of rotatable bonds is 4. The van der Waals surface area contributed by atoms with Crippen LogP contribution in [0.2, 0.25) is 0 Å². The first-order valence-corrected chi connectivity index (χ1v) is 27.5. The van der Waals surface area contributed by atoms with E-state index in [9.17, 15) is 0 Å². The van der Waals surface area contributed by atoms with Gasteiger partial charge < -0.3 is 14.2 Å². The molecule has 0 radical (unpaired) electrons. The van der Waals surface area contributed by atoms with Crippen LogP contribution in [-0.2, 0) is 27.1 Å². The lowest BCUT2D eigenvalue weighted by Crippen LogP contribution is -2.42. The summed E-state index contributed by atoms with van der Waals surface area (Å²) in [5.74, 6) is 0. The first-order chi connectivity index (χ1) is 36.2. The molecule has 3 heteroatoms. The van der Waals surface area contributed by atoms with Crippen LogP contribution in [0.1, 0.15) is 143 Å². The number of fused-ring (bicyclic) bond motifs is 11. The van der Waals surface area contributed by atoms with Crippen LogP contribution >= 0.6 is 0 Å². The first kappa shape index (κ1) is 44.8. The number of para-hydroxylation sites is 2. The second-order valence-corrected chi connectivity index (χ2v) is 25.3. The van der Waals surface area contributed by atoms with Gasteiger partial charge >= 0.3 is 0 Å². The zero-order chi connectivity index (χ0) is 51.0. The van der Waals surface area contributed by atoms with Gasteiger partial charge in [0, 0.05) is 39.2 Å². The van der Waals surface area contributed by atoms with Gasteiger partial charge in [0.05, 0.1) is 34.2 Å². The van der Waals surface area contributed by atoms with Gasteiger partial charge in [0.2, 0.25) is 0 Å². The fourth-order valence-electron chi connectivity index (χ4n) is 15.0. The largest absolute Gasteiger partial charge is 0.456 e. The Bertz CT molecular complexity index is 3980. The molecule has 0 fully saturated rings. The van der Waals surface area contributed by atoms with Gasteiger partial charge in [-0.3, -0.25) is 0 Å². The van der Waals surface area contributed by atoms with Gasteiger partial charge in [0.1, 0.15) is 11.2 Å². The quantitative estimate of drug-likeness (QED) is 0.175. The Balaban J connectivity index is 1.10. The van der Waals surface area contributed by atoms with Gasteiger partial charge in [0.25, 0.3) is 0 Å². The van der Waals surface area contributed by atoms with Crippen LogP contribution in [0.15, 0.2) is 192 Å². The van der Waals surface area contributed by atoms with Crippen LogP contribution in [0.4, 0.5) is 28.4 Å². The van der Waals surface area contributed by atoms with E-state index in [2.05, 4.69) is 253 Å². The van der Waals surface area contributed by atoms with Crippen LogP contribution < -0.4 is 9.80 Å². The van der Waals surface area contributed by atoms with E-state index in [-0.39, 0.29) is 27.7 Å². The van der Waals surface area contributed by atoms with Crippen molar-refractivity contribution in [3.63, 3.8) is 0 Å². The van der Waals surface area contributed by atoms with Gasteiger partial charge in [-0.15, -0.1) is 0 Å². The molecule has 1 atom stereocenters. The summed E-state index contributed by atoms with van der Waals surface area (Å²) in [6, 6.07) is 72.3. The number of hydrogen-bond acceptors (Lipinski definition) is 3. The van der Waals surface area contributed by atoms with E-state index in [1.807, 2.05) is 0 Å². The summed E-state index contributed by atoms with van der Waals surface area (Å²) >= 11 is 0. The molecule has 5 aliphatic rings. The lowest BCUT2D eigenvalue weighted by Gasteiger charge is -2.53. The highest BCUT2D eigenvalue weighted by atomic mass is 16.3. The van der Waals surface area contributed by atoms with Gasteiger partial charge in [-0.1, -0.05) is 189 Å². The third-order valence-corrected chi connectivity index (χ3v) is 19.2. The number of hydrogen-bond donors (Lipinski definition) is 0. The molecule has 0 saturated carbocycles. The molecule has 10 aromatic rings. The Morgan fingerprint density at radius 1 is 0.400 bits per heavy atom. The maximum absolute atomic E-state index is 7.23. The lowest BCUT2D eigenvalue weighted by molar-refractivity contribution is 0.332. The Morgan fingerprint density at radius 2 is 0.960 bits per heavy atom. The van der Waals surface area contributed by atoms with Crippen molar-refractivity contribution in [1.29, 1.82) is 0 Å². The minimum absolute atomic E-state index is 0.0143. The average molecular weight is 973 g/mol. The summed E-state index contributed by atoms with van der Waals surface area (Å²) in [6.45, 7) is 19.5. The second-order valence-electron chi connectivity index (χ2n) is 25.3. The molecule has 3 nitrogen and oxygen atoms in total. The molecular weight excluding hydrogens is 909 g/mol. The highest BCUT2D eigenvalue weighted by Gasteiger charge is 2.52. The third-order valence-electron chi connectivity index (χ3n) is 19.2. The zero-order valence-corrected chi connectivity index (χ0v) is 44.6. The highest BCUT2D eigenvalue weighted by Crippen LogP contribution is 2.67. The van der Waals surface area contributed by atoms with Crippen LogP contribution in [-0.4, -0.2) is 0 Å². The summed E-state index contributed by atoms with van der Waals surface area (Å²) in [7, 11) is 0. The molecule has 0 spiro atoms. The molecule has 0 N–H and O–H groups in total. The number of nitrogens with zero attached hydrogens (tertiary/aromatic N) is 2. The fourth-order valence-corrected chi connectivity index (χ4v) is 15.0. The SMILES string of the molecule is CC1(C)CCC(C)(C)c2cc(N3c4cc5oc6cc7c(cc6c5cc4-c4cc(-c5ccccc5)cc5c4C3c3cccc4c3N5c3ccccc3C4(c3ccccc3)c3ccccc3)C(C)(C)CCC7(C)C)ccc21. The predicted molar refractivity (Wildman–Crippen MR) is 312 cm³/mol. The minimum Gasteiger partial charge on any atom is -0.456 e. The molecule has 4 heterocycles. The molecule has 0 bridgehead atoms. The van der Waals surface area contributed by atoms with Crippen molar-refractivity contribution >= 4 is 50.4 Å². The number of furan rings is 1. The minimum atomic E-state index is -0.611. The Morgan fingerprint density at radius 3 is 1.64 bits per heavy atom. The topological polar surface area (TPSA) is 19.6 Å². The Hall–Kier alpha value is -7.62. The van der Waals surface area contributed by atoms with Crippen molar-refractivity contribution in [2.75, 3.05) is 9.80 Å². The van der Waals surface area contributed by atoms with Crippen molar-refractivity contribution in [2.24, 2.45) is 0 Å². The summed E-state index contributed by atoms with van der Waals surface area (Å²) in [6.07, 6.45) is 4.63. The summed E-state index contributed by atoms with van der Waals surface area (Å²) < 4.78 is 7.23. The van der Waals surface area contributed by atoms with Crippen molar-refractivity contribution in [1.82, 2.24) is 0 Å². The predicted octanol–water partition coefficient (Wildman–Crippen LogP) is 19.3. The van der Waals surface area contributed by atoms with Gasteiger partial charge in [-0.25, -0.2) is 0 Å². The van der Waals surface area contributed by atoms with Crippen molar-refractivity contribution < 1.29 is 4.42 Å². The lowest BCUT2D eigenvalue weighted by atomic mass is 9.61. The highest BCUT2D eigenvalue weighted by molar-refractivity contribution is 6.12. The molecule has 1 aromatic heterocycles. The normalized spacial score (nSPS) is 19.3. The second kappa shape index (κ2) is 15.3. The molecule has 0 amide bonds. The summed E-state index contributed by atoms with van der Waals surface area (Å²) in [4.78, 5) is 5.39. The van der Waals surface area contributed by atoms with Crippen molar-refractivity contribution in [3.8, 4) is 22.3 Å². The number of anilines is 5. The van der Waals surface area contributed by atoms with Crippen molar-refractivity contribution in [2.45, 2.75) is 114 Å². The fraction of sp³-hybridized carbons (Fsp3) is 0.250. The van der Waals surface area contributed by atoms with E-state index in [4.69, 9.17) is 4.42 Å².